The van der Waals surface area contributed by atoms with Crippen LogP contribution in [0.3, 0.4) is 0 Å². The van der Waals surface area contributed by atoms with Gasteiger partial charge in [0.1, 0.15) is 11.6 Å². The Labute approximate surface area is 213 Å². The molecule has 1 aromatic heterocycles. The monoisotopic (exact) mass is 489 g/mol. The summed E-state index contributed by atoms with van der Waals surface area (Å²) in [6.45, 7) is 12.7. The summed E-state index contributed by atoms with van der Waals surface area (Å²) in [5.74, 6) is -0.930. The first kappa shape index (κ1) is 27.0. The smallest absolute Gasteiger partial charge is 0.338 e. The lowest BCUT2D eigenvalue weighted by Gasteiger charge is -2.25. The second-order valence-electron chi connectivity index (χ2n) is 10.9. The van der Waals surface area contributed by atoms with Crippen LogP contribution in [0.1, 0.15) is 68.6 Å². The molecule has 1 heterocycles. The predicted octanol–water partition coefficient (Wildman–Crippen LogP) is 5.18. The van der Waals surface area contributed by atoms with Gasteiger partial charge in [0.05, 0.1) is 5.56 Å². The van der Waals surface area contributed by atoms with Crippen molar-refractivity contribution >= 4 is 11.9 Å². The maximum atomic E-state index is 13.0. The summed E-state index contributed by atoms with van der Waals surface area (Å²) in [7, 11) is 0. The number of esters is 1. The summed E-state index contributed by atoms with van der Waals surface area (Å²) in [6.07, 6.45) is 3.03. The minimum absolute atomic E-state index is 0.0368. The summed E-state index contributed by atoms with van der Waals surface area (Å²) in [6, 6.07) is 15.5. The lowest BCUT2D eigenvalue weighted by molar-refractivity contribution is -0.157. The Kier molecular flexibility index (Phi) is 8.25. The number of rotatable bonds is 8. The van der Waals surface area contributed by atoms with Gasteiger partial charge in [0.15, 0.2) is 5.82 Å². The minimum atomic E-state index is -1.07. The Morgan fingerprint density at radius 2 is 1.44 bits per heavy atom. The Balaban J connectivity index is 1.73. The van der Waals surface area contributed by atoms with Gasteiger partial charge in [0.2, 0.25) is 0 Å². The zero-order valence-corrected chi connectivity index (χ0v) is 21.8. The quantitative estimate of drug-likeness (QED) is 0.420. The minimum Gasteiger partial charge on any atom is -0.478 e. The van der Waals surface area contributed by atoms with Crippen molar-refractivity contribution < 1.29 is 19.4 Å². The van der Waals surface area contributed by atoms with E-state index in [0.717, 1.165) is 16.7 Å². The molecule has 0 bridgehead atoms. The molecule has 190 valence electrons. The van der Waals surface area contributed by atoms with Crippen LogP contribution in [-0.4, -0.2) is 38.7 Å². The summed E-state index contributed by atoms with van der Waals surface area (Å²) in [4.78, 5) is 32.3. The van der Waals surface area contributed by atoms with Crippen LogP contribution in [0, 0.1) is 0 Å². The molecule has 0 saturated heterocycles. The van der Waals surface area contributed by atoms with Crippen LogP contribution in [0.5, 0.6) is 0 Å². The number of aromatic carboxylic acids is 1. The van der Waals surface area contributed by atoms with E-state index in [0.29, 0.717) is 18.8 Å². The van der Waals surface area contributed by atoms with Crippen molar-refractivity contribution in [3.05, 3.63) is 83.2 Å². The van der Waals surface area contributed by atoms with E-state index < -0.39 is 17.6 Å². The van der Waals surface area contributed by atoms with Gasteiger partial charge in [-0.2, -0.15) is 0 Å². The van der Waals surface area contributed by atoms with Crippen LogP contribution >= 0.6 is 0 Å². The highest BCUT2D eigenvalue weighted by molar-refractivity contribution is 5.86. The molecule has 0 spiro atoms. The number of hydrogen-bond acceptors (Lipinski definition) is 6. The average Bonchev–Trinajstić information content (AvgIpc) is 2.81. The first-order valence-electron chi connectivity index (χ1n) is 12.0. The number of aromatic nitrogens is 2. The highest BCUT2D eigenvalue weighted by Crippen LogP contribution is 2.22. The molecule has 7 heteroatoms. The van der Waals surface area contributed by atoms with Gasteiger partial charge in [-0.25, -0.2) is 14.8 Å². The normalized spacial score (nSPS) is 12.7. The van der Waals surface area contributed by atoms with Crippen molar-refractivity contribution in [2.45, 2.75) is 71.6 Å². The molecule has 3 rings (SSSR count). The first-order valence-corrected chi connectivity index (χ1v) is 12.0. The van der Waals surface area contributed by atoms with Gasteiger partial charge in [-0.15, -0.1) is 0 Å². The third kappa shape index (κ3) is 7.71. The van der Waals surface area contributed by atoms with Crippen molar-refractivity contribution in [3.8, 4) is 11.4 Å². The number of carboxylic acids is 1. The maximum absolute atomic E-state index is 13.0. The van der Waals surface area contributed by atoms with E-state index in [-0.39, 0.29) is 16.9 Å². The van der Waals surface area contributed by atoms with Gasteiger partial charge in [-0.1, -0.05) is 69.3 Å². The van der Waals surface area contributed by atoms with Gasteiger partial charge in [0, 0.05) is 24.5 Å². The van der Waals surface area contributed by atoms with Crippen LogP contribution in [0.4, 0.5) is 0 Å². The lowest BCUT2D eigenvalue weighted by atomic mass is 9.87. The van der Waals surface area contributed by atoms with Gasteiger partial charge >= 0.3 is 11.9 Å². The van der Waals surface area contributed by atoms with Crippen molar-refractivity contribution in [1.82, 2.24) is 15.3 Å². The number of carboxylic acid groups (broad SMARTS) is 1. The van der Waals surface area contributed by atoms with E-state index in [1.807, 2.05) is 45.0 Å². The molecule has 36 heavy (non-hydrogen) atoms. The SMILES string of the molecule is CC(C)(C)OC(=O)[C@H](Cc1ccc(-c2ncc(C(=O)O)cn2)cc1)NCc1ccc(C(C)(C)C)cc1. The predicted molar refractivity (Wildman–Crippen MR) is 140 cm³/mol. The molecule has 2 N–H and O–H groups in total. The zero-order chi connectivity index (χ0) is 26.5. The van der Waals surface area contributed by atoms with Gasteiger partial charge in [0.25, 0.3) is 0 Å². The van der Waals surface area contributed by atoms with Gasteiger partial charge in [-0.05, 0) is 49.3 Å². The number of hydrogen-bond donors (Lipinski definition) is 2. The molecule has 1 atom stereocenters. The number of nitrogens with one attached hydrogen (secondary N) is 1. The Hall–Kier alpha value is -3.58. The summed E-state index contributed by atoms with van der Waals surface area (Å²) >= 11 is 0. The summed E-state index contributed by atoms with van der Waals surface area (Å²) in [5, 5.41) is 12.4. The second kappa shape index (κ2) is 11.0. The second-order valence-corrected chi connectivity index (χ2v) is 10.9. The Bertz CT molecular complexity index is 1170. The van der Waals surface area contributed by atoms with E-state index in [1.54, 1.807) is 0 Å². The van der Waals surface area contributed by atoms with Crippen molar-refractivity contribution in [2.75, 3.05) is 0 Å². The van der Waals surface area contributed by atoms with Crippen molar-refractivity contribution in [1.29, 1.82) is 0 Å². The molecule has 0 radical (unpaired) electrons. The van der Waals surface area contributed by atoms with Crippen molar-refractivity contribution in [2.24, 2.45) is 0 Å². The zero-order valence-electron chi connectivity index (χ0n) is 21.8. The number of benzene rings is 2. The Morgan fingerprint density at radius 3 is 1.94 bits per heavy atom. The van der Waals surface area contributed by atoms with E-state index in [4.69, 9.17) is 9.84 Å². The van der Waals surface area contributed by atoms with Crippen LogP contribution in [0.2, 0.25) is 0 Å². The number of carbonyl (C=O) groups is 2. The van der Waals surface area contributed by atoms with Crippen LogP contribution in [-0.2, 0) is 27.9 Å². The molecule has 0 aliphatic heterocycles. The van der Waals surface area contributed by atoms with E-state index in [1.165, 1.54) is 18.0 Å². The number of carbonyl (C=O) groups excluding carboxylic acids is 1. The van der Waals surface area contributed by atoms with Crippen LogP contribution in [0.25, 0.3) is 11.4 Å². The van der Waals surface area contributed by atoms with E-state index in [2.05, 4.69) is 60.3 Å². The third-order valence-corrected chi connectivity index (χ3v) is 5.61. The Morgan fingerprint density at radius 1 is 0.889 bits per heavy atom. The fourth-order valence-corrected chi connectivity index (χ4v) is 3.59. The van der Waals surface area contributed by atoms with E-state index in [9.17, 15) is 9.59 Å². The topological polar surface area (TPSA) is 101 Å². The first-order chi connectivity index (χ1) is 16.8. The molecule has 2 aromatic carbocycles. The van der Waals surface area contributed by atoms with Crippen molar-refractivity contribution in [3.63, 3.8) is 0 Å². The van der Waals surface area contributed by atoms with E-state index >= 15 is 0 Å². The molecular formula is C29H35N3O4. The molecule has 0 unspecified atom stereocenters. The van der Waals surface area contributed by atoms with Crippen LogP contribution < -0.4 is 5.32 Å². The highest BCUT2D eigenvalue weighted by atomic mass is 16.6. The third-order valence-electron chi connectivity index (χ3n) is 5.61. The molecule has 0 fully saturated rings. The summed E-state index contributed by atoms with van der Waals surface area (Å²) < 4.78 is 5.68. The fourth-order valence-electron chi connectivity index (χ4n) is 3.59. The molecule has 0 aliphatic carbocycles. The lowest BCUT2D eigenvalue weighted by Crippen LogP contribution is -2.42. The number of nitrogens with zero attached hydrogens (tertiary/aromatic N) is 2. The van der Waals surface area contributed by atoms with Gasteiger partial charge in [-0.3, -0.25) is 4.79 Å². The average molecular weight is 490 g/mol. The van der Waals surface area contributed by atoms with Crippen LogP contribution in [0.15, 0.2) is 60.9 Å². The molecule has 3 aromatic rings. The molecule has 0 aliphatic rings. The molecule has 0 saturated carbocycles. The largest absolute Gasteiger partial charge is 0.478 e. The molecule has 7 nitrogen and oxygen atoms in total. The molecular weight excluding hydrogens is 454 g/mol. The maximum Gasteiger partial charge on any atom is 0.338 e. The van der Waals surface area contributed by atoms with Gasteiger partial charge < -0.3 is 15.2 Å². The molecule has 0 amide bonds. The number of ether oxygens (including phenoxy) is 1. The highest BCUT2D eigenvalue weighted by Gasteiger charge is 2.25. The standard InChI is InChI=1S/C29H35N3O4/c1-28(2,3)23-13-9-20(10-14-23)16-30-24(27(35)36-29(4,5)6)15-19-7-11-21(12-8-19)25-31-17-22(18-32-25)26(33)34/h7-14,17-18,24,30H,15-16H2,1-6H3,(H,33,34)/t24-/m0/s1. The summed E-state index contributed by atoms with van der Waals surface area (Å²) in [5.41, 5.74) is 3.60. The fraction of sp³-hybridized carbons (Fsp3) is 0.379.